The third-order valence-electron chi connectivity index (χ3n) is 8.89. The molecule has 0 aliphatic carbocycles. The fourth-order valence-corrected chi connectivity index (χ4v) is 9.18. The van der Waals surface area contributed by atoms with Gasteiger partial charge in [-0.25, -0.2) is 0 Å². The average molecular weight is 583 g/mol. The number of hydrogen-bond donors (Lipinski definition) is 0. The fraction of sp³-hybridized carbons (Fsp3) is 0. The Morgan fingerprint density at radius 1 is 0.395 bits per heavy atom. The number of rotatable bonds is 2. The summed E-state index contributed by atoms with van der Waals surface area (Å²) in [6.07, 6.45) is 0. The molecule has 9 aromatic rings. The quantitative estimate of drug-likeness (QED) is 0.201. The zero-order valence-electron chi connectivity index (χ0n) is 22.9. The van der Waals surface area contributed by atoms with Gasteiger partial charge < -0.3 is 4.42 Å². The molecule has 0 atom stereocenters. The lowest BCUT2D eigenvalue weighted by Gasteiger charge is -2.21. The molecule has 0 amide bonds. The van der Waals surface area contributed by atoms with Gasteiger partial charge in [0.05, 0.1) is 0 Å². The summed E-state index contributed by atoms with van der Waals surface area (Å²) >= 11 is 3.76. The van der Waals surface area contributed by atoms with E-state index in [9.17, 15) is 0 Å². The number of fused-ring (bicyclic) bond motifs is 8. The first kappa shape index (κ1) is 23.7. The van der Waals surface area contributed by atoms with Crippen LogP contribution in [0.2, 0.25) is 0 Å². The lowest BCUT2D eigenvalue weighted by atomic mass is 9.92. The first-order valence-electron chi connectivity index (χ1n) is 14.5. The van der Waals surface area contributed by atoms with Crippen LogP contribution in [0.1, 0.15) is 0 Å². The summed E-state index contributed by atoms with van der Waals surface area (Å²) in [5.74, 6) is 0. The van der Waals surface area contributed by atoms with Crippen LogP contribution < -0.4 is 0 Å². The molecule has 0 fully saturated rings. The van der Waals surface area contributed by atoms with Crippen LogP contribution in [0.4, 0.5) is 0 Å². The van der Waals surface area contributed by atoms with Crippen molar-refractivity contribution in [3.05, 3.63) is 133 Å². The molecule has 0 N–H and O–H groups in total. The van der Waals surface area contributed by atoms with E-state index in [1.54, 1.807) is 0 Å². The molecule has 200 valence electrons. The smallest absolute Gasteiger partial charge is 0.135 e. The maximum atomic E-state index is 6.07. The van der Waals surface area contributed by atoms with Crippen LogP contribution in [0.25, 0.3) is 86.3 Å². The lowest BCUT2D eigenvalue weighted by Crippen LogP contribution is -1.93. The Morgan fingerprint density at radius 3 is 2.02 bits per heavy atom. The van der Waals surface area contributed by atoms with E-state index < -0.39 is 0 Å². The number of thiophene rings is 1. The molecule has 0 bridgehead atoms. The van der Waals surface area contributed by atoms with Crippen molar-refractivity contribution in [2.24, 2.45) is 0 Å². The van der Waals surface area contributed by atoms with Crippen molar-refractivity contribution in [3.8, 4) is 33.4 Å². The summed E-state index contributed by atoms with van der Waals surface area (Å²) in [7, 11) is 0. The Balaban J connectivity index is 1.10. The zero-order valence-corrected chi connectivity index (χ0v) is 24.6. The predicted molar refractivity (Wildman–Crippen MR) is 185 cm³/mol. The highest BCUT2D eigenvalue weighted by Gasteiger charge is 2.20. The Labute approximate surface area is 256 Å². The van der Waals surface area contributed by atoms with E-state index >= 15 is 0 Å². The summed E-state index contributed by atoms with van der Waals surface area (Å²) in [6, 6.07) is 48.8. The van der Waals surface area contributed by atoms with Gasteiger partial charge in [-0.3, -0.25) is 0 Å². The number of para-hydroxylation sites is 1. The van der Waals surface area contributed by atoms with Crippen molar-refractivity contribution in [3.63, 3.8) is 0 Å². The van der Waals surface area contributed by atoms with Gasteiger partial charge in [-0.05, 0) is 81.2 Å². The molecule has 1 nitrogen and oxygen atoms in total. The topological polar surface area (TPSA) is 13.1 Å². The largest absolute Gasteiger partial charge is 0.456 e. The van der Waals surface area contributed by atoms with Gasteiger partial charge in [0, 0.05) is 46.1 Å². The lowest BCUT2D eigenvalue weighted by molar-refractivity contribution is 0.669. The minimum Gasteiger partial charge on any atom is -0.456 e. The van der Waals surface area contributed by atoms with Gasteiger partial charge in [-0.2, -0.15) is 0 Å². The van der Waals surface area contributed by atoms with Crippen molar-refractivity contribution in [1.29, 1.82) is 0 Å². The van der Waals surface area contributed by atoms with Crippen LogP contribution in [0.15, 0.2) is 148 Å². The van der Waals surface area contributed by atoms with E-state index in [0.29, 0.717) is 0 Å². The highest BCUT2D eigenvalue weighted by molar-refractivity contribution is 7.99. The van der Waals surface area contributed by atoms with Crippen LogP contribution in [0.5, 0.6) is 0 Å². The minimum atomic E-state index is 0.932. The summed E-state index contributed by atoms with van der Waals surface area (Å²) in [6.45, 7) is 0. The van der Waals surface area contributed by atoms with Gasteiger partial charge in [0.1, 0.15) is 11.2 Å². The van der Waals surface area contributed by atoms with Gasteiger partial charge in [-0.1, -0.05) is 103 Å². The van der Waals surface area contributed by atoms with Gasteiger partial charge in [0.15, 0.2) is 0 Å². The minimum absolute atomic E-state index is 0.932. The summed E-state index contributed by atoms with van der Waals surface area (Å²) in [5.41, 5.74) is 9.53. The fourth-order valence-electron chi connectivity index (χ4n) is 6.86. The zero-order chi connectivity index (χ0) is 28.1. The van der Waals surface area contributed by atoms with E-state index in [-0.39, 0.29) is 0 Å². The second-order valence-electron chi connectivity index (χ2n) is 11.3. The second-order valence-corrected chi connectivity index (χ2v) is 13.4. The molecule has 43 heavy (non-hydrogen) atoms. The first-order valence-corrected chi connectivity index (χ1v) is 16.1. The summed E-state index contributed by atoms with van der Waals surface area (Å²) < 4.78 is 8.70. The third-order valence-corrected chi connectivity index (χ3v) is 11.1. The van der Waals surface area contributed by atoms with E-state index in [0.717, 1.165) is 21.9 Å². The maximum Gasteiger partial charge on any atom is 0.135 e. The van der Waals surface area contributed by atoms with E-state index in [2.05, 4.69) is 121 Å². The predicted octanol–water partition coefficient (Wildman–Crippen LogP) is 12.6. The van der Waals surface area contributed by atoms with E-state index in [4.69, 9.17) is 4.42 Å². The highest BCUT2D eigenvalue weighted by atomic mass is 32.2. The molecule has 10 rings (SSSR count). The average Bonchev–Trinajstić information content (AvgIpc) is 3.62. The van der Waals surface area contributed by atoms with Crippen LogP contribution in [-0.4, -0.2) is 0 Å². The first-order chi connectivity index (χ1) is 21.3. The monoisotopic (exact) mass is 582 g/mol. The second kappa shape index (κ2) is 8.84. The maximum absolute atomic E-state index is 6.07. The molecule has 0 saturated carbocycles. The molecule has 7 aromatic carbocycles. The van der Waals surface area contributed by atoms with Crippen LogP contribution in [-0.2, 0) is 0 Å². The summed E-state index contributed by atoms with van der Waals surface area (Å²) in [5, 5.41) is 7.65. The molecule has 3 heteroatoms. The Hall–Kier alpha value is -4.83. The van der Waals surface area contributed by atoms with Gasteiger partial charge in [0.2, 0.25) is 0 Å². The molecule has 3 heterocycles. The van der Waals surface area contributed by atoms with Crippen LogP contribution in [0, 0.1) is 0 Å². The molecule has 0 radical (unpaired) electrons. The molecule has 0 saturated heterocycles. The number of furan rings is 1. The third kappa shape index (κ3) is 3.47. The molecule has 1 aliphatic rings. The highest BCUT2D eigenvalue weighted by Crippen LogP contribution is 2.50. The molecule has 0 spiro atoms. The van der Waals surface area contributed by atoms with Crippen molar-refractivity contribution in [2.45, 2.75) is 9.79 Å². The standard InChI is InChI=1S/C40H22OS2/c1-3-10-34-27(6-1)33-20-23(14-18-35(33)41-34)24-12-15-29-30-16-13-25(22-39(30)43-38(29)21-24)26-17-19-37-40-31(26)8-5-9-32(40)28-7-2-4-11-36(28)42-37/h1-22H. The van der Waals surface area contributed by atoms with E-state index in [1.807, 2.05) is 35.2 Å². The number of benzene rings is 7. The molecule has 0 unspecified atom stereocenters. The van der Waals surface area contributed by atoms with Crippen molar-refractivity contribution in [1.82, 2.24) is 0 Å². The normalized spacial score (nSPS) is 12.6. The summed E-state index contributed by atoms with van der Waals surface area (Å²) in [4.78, 5) is 2.67. The molecular weight excluding hydrogens is 561 g/mol. The van der Waals surface area contributed by atoms with Crippen molar-refractivity contribution >= 4 is 76.0 Å². The Morgan fingerprint density at radius 2 is 1.09 bits per heavy atom. The SMILES string of the molecule is c1ccc2c(c1)Sc1ccc(-c3ccc4c(c3)sc3cc(-c5ccc6oc7ccccc7c6c5)ccc34)c3cccc-2c13. The van der Waals surface area contributed by atoms with Gasteiger partial charge in [-0.15, -0.1) is 11.3 Å². The van der Waals surface area contributed by atoms with Gasteiger partial charge in [0.25, 0.3) is 0 Å². The van der Waals surface area contributed by atoms with Gasteiger partial charge >= 0.3 is 0 Å². The molecule has 2 aromatic heterocycles. The molecule has 1 aliphatic heterocycles. The molecular formula is C40H22OS2. The van der Waals surface area contributed by atoms with Crippen molar-refractivity contribution in [2.75, 3.05) is 0 Å². The van der Waals surface area contributed by atoms with E-state index in [1.165, 1.54) is 74.1 Å². The number of hydrogen-bond acceptors (Lipinski definition) is 3. The van der Waals surface area contributed by atoms with Crippen LogP contribution in [0.3, 0.4) is 0 Å². The Kier molecular flexibility index (Phi) is 4.87. The van der Waals surface area contributed by atoms with Crippen molar-refractivity contribution < 1.29 is 4.42 Å². The Bertz CT molecular complexity index is 2600. The van der Waals surface area contributed by atoms with Crippen LogP contribution >= 0.6 is 23.1 Å².